The number of carbonyl (C=O) groups is 2. The van der Waals surface area contributed by atoms with Gasteiger partial charge in [0.15, 0.2) is 5.82 Å². The summed E-state index contributed by atoms with van der Waals surface area (Å²) >= 11 is 0. The minimum atomic E-state index is -1.07. The molecule has 0 spiro atoms. The van der Waals surface area contributed by atoms with Gasteiger partial charge in [-0.2, -0.15) is 5.21 Å². The third-order valence-electron chi connectivity index (χ3n) is 1.81. The second-order valence-electron chi connectivity index (χ2n) is 2.95. The molecule has 1 aromatic rings. The maximum absolute atomic E-state index is 11.2. The molecule has 88 valence electrons. The highest BCUT2D eigenvalue weighted by Crippen LogP contribution is 1.90. The summed E-state index contributed by atoms with van der Waals surface area (Å²) in [5.74, 6) is -0.754. The van der Waals surface area contributed by atoms with Crippen LogP contribution in [0.1, 0.15) is 19.2 Å². The molecule has 0 saturated carbocycles. The van der Waals surface area contributed by atoms with Gasteiger partial charge in [-0.25, -0.2) is 9.59 Å². The highest BCUT2D eigenvalue weighted by molar-refractivity contribution is 5.82. The molecule has 0 bridgehead atoms. The SMILES string of the molecule is CC[C@@H](NC(=O)NCc1nn[nH]n1)C(=O)O. The molecule has 0 fully saturated rings. The number of carboxylic acids is 1. The van der Waals surface area contributed by atoms with Crippen molar-refractivity contribution in [3.8, 4) is 0 Å². The lowest BCUT2D eigenvalue weighted by molar-refractivity contribution is -0.139. The number of hydrogen-bond donors (Lipinski definition) is 4. The summed E-state index contributed by atoms with van der Waals surface area (Å²) in [7, 11) is 0. The number of hydrogen-bond acceptors (Lipinski definition) is 5. The molecule has 1 atom stereocenters. The van der Waals surface area contributed by atoms with Crippen molar-refractivity contribution in [3.05, 3.63) is 5.82 Å². The van der Waals surface area contributed by atoms with Crippen molar-refractivity contribution in [1.29, 1.82) is 0 Å². The number of tetrazole rings is 1. The van der Waals surface area contributed by atoms with E-state index < -0.39 is 18.0 Å². The quantitative estimate of drug-likeness (QED) is 0.503. The smallest absolute Gasteiger partial charge is 0.326 e. The molecular formula is C7H12N6O3. The molecule has 0 aliphatic heterocycles. The van der Waals surface area contributed by atoms with Crippen LogP contribution in [0.2, 0.25) is 0 Å². The lowest BCUT2D eigenvalue weighted by Gasteiger charge is -2.12. The van der Waals surface area contributed by atoms with Gasteiger partial charge in [-0.15, -0.1) is 10.2 Å². The number of nitrogens with zero attached hydrogens (tertiary/aromatic N) is 3. The molecule has 1 aromatic heterocycles. The number of H-pyrrole nitrogens is 1. The van der Waals surface area contributed by atoms with E-state index in [4.69, 9.17) is 5.11 Å². The molecule has 1 heterocycles. The summed E-state index contributed by atoms with van der Waals surface area (Å²) in [6.07, 6.45) is 0.310. The minimum Gasteiger partial charge on any atom is -0.480 e. The Balaban J connectivity index is 2.33. The Bertz CT molecular complexity index is 351. The largest absolute Gasteiger partial charge is 0.480 e. The van der Waals surface area contributed by atoms with Crippen molar-refractivity contribution in [2.45, 2.75) is 25.9 Å². The lowest BCUT2D eigenvalue weighted by atomic mass is 10.2. The third kappa shape index (κ3) is 3.52. The molecule has 0 aliphatic carbocycles. The Morgan fingerprint density at radius 1 is 1.56 bits per heavy atom. The van der Waals surface area contributed by atoms with E-state index in [0.29, 0.717) is 12.2 Å². The molecule has 1 rings (SSSR count). The van der Waals surface area contributed by atoms with E-state index in [1.165, 1.54) is 0 Å². The zero-order valence-corrected chi connectivity index (χ0v) is 8.60. The van der Waals surface area contributed by atoms with Gasteiger partial charge in [0.25, 0.3) is 0 Å². The van der Waals surface area contributed by atoms with Crippen LogP contribution in [0.5, 0.6) is 0 Å². The van der Waals surface area contributed by atoms with E-state index in [1.54, 1.807) is 6.92 Å². The topological polar surface area (TPSA) is 133 Å². The van der Waals surface area contributed by atoms with Crippen molar-refractivity contribution >= 4 is 12.0 Å². The van der Waals surface area contributed by atoms with E-state index in [9.17, 15) is 9.59 Å². The first-order valence-electron chi connectivity index (χ1n) is 4.63. The standard InChI is InChI=1S/C7H12N6O3/c1-2-4(6(14)15)9-7(16)8-3-5-10-12-13-11-5/h4H,2-3H2,1H3,(H,14,15)(H2,8,9,16)(H,10,11,12,13)/t4-/m1/s1. The average molecular weight is 228 g/mol. The number of carboxylic acid groups (broad SMARTS) is 1. The van der Waals surface area contributed by atoms with Gasteiger partial charge in [-0.1, -0.05) is 12.1 Å². The fourth-order valence-corrected chi connectivity index (χ4v) is 0.964. The van der Waals surface area contributed by atoms with Gasteiger partial charge in [0.05, 0.1) is 6.54 Å². The van der Waals surface area contributed by atoms with Crippen molar-refractivity contribution in [3.63, 3.8) is 0 Å². The first kappa shape index (κ1) is 11.9. The number of carbonyl (C=O) groups excluding carboxylic acids is 1. The Hall–Kier alpha value is -2.19. The molecule has 0 radical (unpaired) electrons. The maximum Gasteiger partial charge on any atom is 0.326 e. The van der Waals surface area contributed by atoms with Crippen molar-refractivity contribution in [2.75, 3.05) is 0 Å². The van der Waals surface area contributed by atoms with Crippen LogP contribution in [-0.4, -0.2) is 43.8 Å². The summed E-state index contributed by atoms with van der Waals surface area (Å²) in [5, 5.41) is 26.2. The van der Waals surface area contributed by atoms with E-state index in [0.717, 1.165) is 0 Å². The highest BCUT2D eigenvalue weighted by atomic mass is 16.4. The van der Waals surface area contributed by atoms with Crippen LogP contribution in [0.25, 0.3) is 0 Å². The first-order valence-corrected chi connectivity index (χ1v) is 4.63. The molecular weight excluding hydrogens is 216 g/mol. The average Bonchev–Trinajstić information content (AvgIpc) is 2.75. The van der Waals surface area contributed by atoms with E-state index in [1.807, 2.05) is 0 Å². The molecule has 0 saturated heterocycles. The number of rotatable bonds is 5. The first-order chi connectivity index (χ1) is 7.63. The van der Waals surface area contributed by atoms with Crippen LogP contribution < -0.4 is 10.6 Å². The van der Waals surface area contributed by atoms with Crippen LogP contribution in [0.3, 0.4) is 0 Å². The van der Waals surface area contributed by atoms with Crippen molar-refractivity contribution in [1.82, 2.24) is 31.3 Å². The van der Waals surface area contributed by atoms with Crippen molar-refractivity contribution in [2.24, 2.45) is 0 Å². The number of amides is 2. The Kier molecular flexibility index (Phi) is 4.18. The van der Waals surface area contributed by atoms with E-state index >= 15 is 0 Å². The van der Waals surface area contributed by atoms with Gasteiger partial charge in [0, 0.05) is 0 Å². The van der Waals surface area contributed by atoms with Gasteiger partial charge in [0.2, 0.25) is 0 Å². The fourth-order valence-electron chi connectivity index (χ4n) is 0.964. The Morgan fingerprint density at radius 2 is 2.31 bits per heavy atom. The molecule has 9 nitrogen and oxygen atoms in total. The highest BCUT2D eigenvalue weighted by Gasteiger charge is 2.17. The zero-order chi connectivity index (χ0) is 12.0. The van der Waals surface area contributed by atoms with Crippen LogP contribution in [-0.2, 0) is 11.3 Å². The van der Waals surface area contributed by atoms with Gasteiger partial charge in [-0.05, 0) is 6.42 Å². The van der Waals surface area contributed by atoms with Crippen LogP contribution in [0, 0.1) is 0 Å². The van der Waals surface area contributed by atoms with E-state index in [-0.39, 0.29) is 6.54 Å². The molecule has 0 aromatic carbocycles. The Morgan fingerprint density at radius 3 is 2.81 bits per heavy atom. The fraction of sp³-hybridized carbons (Fsp3) is 0.571. The Labute approximate surface area is 90.6 Å². The number of urea groups is 1. The normalized spacial score (nSPS) is 11.8. The maximum atomic E-state index is 11.2. The van der Waals surface area contributed by atoms with Gasteiger partial charge in [-0.3, -0.25) is 0 Å². The predicted molar refractivity (Wildman–Crippen MR) is 51.3 cm³/mol. The molecule has 2 amide bonds. The monoisotopic (exact) mass is 228 g/mol. The minimum absolute atomic E-state index is 0.0817. The number of aromatic amines is 1. The number of aliphatic carboxylic acids is 1. The summed E-state index contributed by atoms with van der Waals surface area (Å²) in [6.45, 7) is 1.75. The van der Waals surface area contributed by atoms with Crippen LogP contribution in [0.4, 0.5) is 4.79 Å². The van der Waals surface area contributed by atoms with E-state index in [2.05, 4.69) is 31.3 Å². The van der Waals surface area contributed by atoms with Crippen LogP contribution >= 0.6 is 0 Å². The second kappa shape index (κ2) is 5.63. The second-order valence-corrected chi connectivity index (χ2v) is 2.95. The molecule has 4 N–H and O–H groups in total. The molecule has 0 aliphatic rings. The molecule has 9 heteroatoms. The third-order valence-corrected chi connectivity index (χ3v) is 1.81. The lowest BCUT2D eigenvalue weighted by Crippen LogP contribution is -2.45. The molecule has 16 heavy (non-hydrogen) atoms. The zero-order valence-electron chi connectivity index (χ0n) is 8.60. The number of nitrogens with one attached hydrogen (secondary N) is 3. The summed E-state index contributed by atoms with van der Waals surface area (Å²) in [4.78, 5) is 21.9. The van der Waals surface area contributed by atoms with Crippen LogP contribution in [0.15, 0.2) is 0 Å². The number of aromatic nitrogens is 4. The summed E-state index contributed by atoms with van der Waals surface area (Å²) in [6, 6.07) is -1.48. The predicted octanol–water partition coefficient (Wildman–Crippen LogP) is -1.14. The molecule has 0 unspecified atom stereocenters. The van der Waals surface area contributed by atoms with Gasteiger partial charge < -0.3 is 15.7 Å². The summed E-state index contributed by atoms with van der Waals surface area (Å²) < 4.78 is 0. The summed E-state index contributed by atoms with van der Waals surface area (Å²) in [5.41, 5.74) is 0. The van der Waals surface area contributed by atoms with Gasteiger partial charge >= 0.3 is 12.0 Å². The van der Waals surface area contributed by atoms with Gasteiger partial charge in [0.1, 0.15) is 6.04 Å². The van der Waals surface area contributed by atoms with Crippen molar-refractivity contribution < 1.29 is 14.7 Å².